The van der Waals surface area contributed by atoms with Crippen LogP contribution < -0.4 is 10.2 Å². The Morgan fingerprint density at radius 1 is 1.39 bits per heavy atom. The first-order valence-corrected chi connectivity index (χ1v) is 6.72. The van der Waals surface area contributed by atoms with Gasteiger partial charge in [-0.2, -0.15) is 0 Å². The molecule has 0 aliphatic rings. The van der Waals surface area contributed by atoms with E-state index >= 15 is 0 Å². The number of nitrogens with one attached hydrogen (secondary N) is 1. The molecule has 0 spiro atoms. The Bertz CT molecular complexity index is 366. The topological polar surface area (TPSA) is 28.2 Å². The molecule has 0 radical (unpaired) electrons. The van der Waals surface area contributed by atoms with E-state index in [2.05, 4.69) is 17.2 Å². The molecule has 3 nitrogen and oxygen atoms in total. The molecule has 0 amide bonds. The lowest BCUT2D eigenvalue weighted by Gasteiger charge is -2.27. The maximum absolute atomic E-state index is 14.4. The standard InChI is InChI=1S/C14H24FN3/c1-5-8-16-10-12-7-9-17-14(13(12)15)18(6-2)11(3)4/h7,9,11,16H,5-6,8,10H2,1-4H3. The van der Waals surface area contributed by atoms with Gasteiger partial charge in [0, 0.05) is 30.9 Å². The molecule has 102 valence electrons. The van der Waals surface area contributed by atoms with Crippen molar-refractivity contribution in [2.45, 2.75) is 46.7 Å². The summed E-state index contributed by atoms with van der Waals surface area (Å²) in [6.07, 6.45) is 2.74. The average molecular weight is 253 g/mol. The summed E-state index contributed by atoms with van der Waals surface area (Å²) in [6.45, 7) is 10.4. The zero-order valence-corrected chi connectivity index (χ0v) is 11.8. The first-order valence-electron chi connectivity index (χ1n) is 6.72. The summed E-state index contributed by atoms with van der Waals surface area (Å²) < 4.78 is 14.4. The summed E-state index contributed by atoms with van der Waals surface area (Å²) in [6, 6.07) is 1.99. The predicted octanol–water partition coefficient (Wildman–Crippen LogP) is 2.96. The molecule has 1 rings (SSSR count). The molecule has 0 aliphatic carbocycles. The van der Waals surface area contributed by atoms with Crippen molar-refractivity contribution < 1.29 is 4.39 Å². The third-order valence-electron chi connectivity index (χ3n) is 2.93. The Balaban J connectivity index is 2.90. The van der Waals surface area contributed by atoms with Crippen molar-refractivity contribution in [1.29, 1.82) is 0 Å². The minimum absolute atomic E-state index is 0.198. The largest absolute Gasteiger partial charge is 0.352 e. The first-order chi connectivity index (χ1) is 8.61. The fourth-order valence-electron chi connectivity index (χ4n) is 1.97. The molecule has 1 aromatic heterocycles. The maximum atomic E-state index is 14.4. The van der Waals surface area contributed by atoms with E-state index in [4.69, 9.17) is 0 Å². The normalized spacial score (nSPS) is 11.0. The second kappa shape index (κ2) is 7.31. The minimum atomic E-state index is -0.198. The van der Waals surface area contributed by atoms with Gasteiger partial charge in [-0.05, 0) is 39.8 Å². The highest BCUT2D eigenvalue weighted by molar-refractivity contribution is 5.43. The van der Waals surface area contributed by atoms with Crippen molar-refractivity contribution in [3.05, 3.63) is 23.6 Å². The van der Waals surface area contributed by atoms with Gasteiger partial charge in [-0.15, -0.1) is 0 Å². The quantitative estimate of drug-likeness (QED) is 0.757. The number of halogens is 1. The van der Waals surface area contributed by atoms with E-state index in [0.717, 1.165) is 19.5 Å². The van der Waals surface area contributed by atoms with Gasteiger partial charge in [0.25, 0.3) is 0 Å². The Morgan fingerprint density at radius 2 is 2.11 bits per heavy atom. The number of nitrogens with zero attached hydrogens (tertiary/aromatic N) is 2. The predicted molar refractivity (Wildman–Crippen MR) is 74.3 cm³/mol. The summed E-state index contributed by atoms with van der Waals surface area (Å²) >= 11 is 0. The fraction of sp³-hybridized carbons (Fsp3) is 0.643. The van der Waals surface area contributed by atoms with E-state index in [9.17, 15) is 4.39 Å². The van der Waals surface area contributed by atoms with Gasteiger partial charge in [0.2, 0.25) is 0 Å². The number of aromatic nitrogens is 1. The average Bonchev–Trinajstić information content (AvgIpc) is 2.34. The van der Waals surface area contributed by atoms with Gasteiger partial charge in [-0.25, -0.2) is 9.37 Å². The van der Waals surface area contributed by atoms with Gasteiger partial charge in [0.15, 0.2) is 11.6 Å². The van der Waals surface area contributed by atoms with E-state index in [-0.39, 0.29) is 11.9 Å². The molecule has 0 aromatic carbocycles. The molecule has 0 aliphatic heterocycles. The molecule has 18 heavy (non-hydrogen) atoms. The Kier molecular flexibility index (Phi) is 6.05. The van der Waals surface area contributed by atoms with Crippen LogP contribution in [-0.2, 0) is 6.54 Å². The molecule has 4 heteroatoms. The smallest absolute Gasteiger partial charge is 0.170 e. The molecule has 0 fully saturated rings. The zero-order chi connectivity index (χ0) is 13.5. The summed E-state index contributed by atoms with van der Waals surface area (Å²) in [5.74, 6) is 0.264. The third-order valence-corrected chi connectivity index (χ3v) is 2.93. The van der Waals surface area contributed by atoms with E-state index in [1.165, 1.54) is 0 Å². The number of hydrogen-bond donors (Lipinski definition) is 1. The van der Waals surface area contributed by atoms with Crippen LogP contribution >= 0.6 is 0 Å². The van der Waals surface area contributed by atoms with E-state index in [1.54, 1.807) is 12.3 Å². The van der Waals surface area contributed by atoms with Crippen LogP contribution in [0.4, 0.5) is 10.2 Å². The lowest BCUT2D eigenvalue weighted by Crippen LogP contribution is -2.32. The van der Waals surface area contributed by atoms with E-state index < -0.39 is 0 Å². The summed E-state index contributed by atoms with van der Waals surface area (Å²) in [5, 5.41) is 3.22. The molecule has 1 heterocycles. The van der Waals surface area contributed by atoms with Crippen molar-refractivity contribution in [3.8, 4) is 0 Å². The van der Waals surface area contributed by atoms with Crippen LogP contribution in [0.25, 0.3) is 0 Å². The summed E-state index contributed by atoms with van der Waals surface area (Å²) in [5.41, 5.74) is 0.688. The highest BCUT2D eigenvalue weighted by Crippen LogP contribution is 2.21. The highest BCUT2D eigenvalue weighted by atomic mass is 19.1. The zero-order valence-electron chi connectivity index (χ0n) is 11.8. The molecule has 0 atom stereocenters. The molecule has 1 aromatic rings. The van der Waals surface area contributed by atoms with Crippen molar-refractivity contribution in [3.63, 3.8) is 0 Å². The van der Waals surface area contributed by atoms with Crippen LogP contribution in [0.2, 0.25) is 0 Å². The van der Waals surface area contributed by atoms with Crippen molar-refractivity contribution in [2.75, 3.05) is 18.0 Å². The summed E-state index contributed by atoms with van der Waals surface area (Å²) in [4.78, 5) is 6.15. The monoisotopic (exact) mass is 253 g/mol. The molecule has 1 N–H and O–H groups in total. The van der Waals surface area contributed by atoms with Gasteiger partial charge in [0.1, 0.15) is 0 Å². The maximum Gasteiger partial charge on any atom is 0.170 e. The number of pyridine rings is 1. The van der Waals surface area contributed by atoms with E-state index in [0.29, 0.717) is 17.9 Å². The third kappa shape index (κ3) is 3.67. The molecular weight excluding hydrogens is 229 g/mol. The van der Waals surface area contributed by atoms with Crippen LogP contribution in [0.1, 0.15) is 39.7 Å². The van der Waals surface area contributed by atoms with Gasteiger partial charge in [-0.3, -0.25) is 0 Å². The molecule has 0 unspecified atom stereocenters. The van der Waals surface area contributed by atoms with Gasteiger partial charge < -0.3 is 10.2 Å². The lowest BCUT2D eigenvalue weighted by atomic mass is 10.2. The molecule has 0 saturated heterocycles. The van der Waals surface area contributed by atoms with Gasteiger partial charge >= 0.3 is 0 Å². The van der Waals surface area contributed by atoms with Crippen LogP contribution in [0.15, 0.2) is 12.3 Å². The SMILES string of the molecule is CCCNCc1ccnc(N(CC)C(C)C)c1F. The Labute approximate surface area is 109 Å². The first kappa shape index (κ1) is 14.9. The fourth-order valence-corrected chi connectivity index (χ4v) is 1.97. The second-order valence-electron chi connectivity index (χ2n) is 4.66. The molecule has 0 bridgehead atoms. The van der Waals surface area contributed by atoms with Crippen LogP contribution in [-0.4, -0.2) is 24.1 Å². The second-order valence-corrected chi connectivity index (χ2v) is 4.66. The highest BCUT2D eigenvalue weighted by Gasteiger charge is 2.16. The Hall–Kier alpha value is -1.16. The molecular formula is C14H24FN3. The van der Waals surface area contributed by atoms with Crippen molar-refractivity contribution >= 4 is 5.82 Å². The van der Waals surface area contributed by atoms with Crippen LogP contribution in [0, 0.1) is 5.82 Å². The van der Waals surface area contributed by atoms with Gasteiger partial charge in [0.05, 0.1) is 0 Å². The lowest BCUT2D eigenvalue weighted by molar-refractivity contribution is 0.565. The number of rotatable bonds is 7. The van der Waals surface area contributed by atoms with Crippen LogP contribution in [0.5, 0.6) is 0 Å². The minimum Gasteiger partial charge on any atom is -0.352 e. The molecule has 0 saturated carbocycles. The Morgan fingerprint density at radius 3 is 2.67 bits per heavy atom. The number of anilines is 1. The van der Waals surface area contributed by atoms with E-state index in [1.807, 2.05) is 25.7 Å². The van der Waals surface area contributed by atoms with Crippen molar-refractivity contribution in [1.82, 2.24) is 10.3 Å². The van der Waals surface area contributed by atoms with Crippen LogP contribution in [0.3, 0.4) is 0 Å². The summed E-state index contributed by atoms with van der Waals surface area (Å²) in [7, 11) is 0. The van der Waals surface area contributed by atoms with Crippen molar-refractivity contribution in [2.24, 2.45) is 0 Å². The van der Waals surface area contributed by atoms with Gasteiger partial charge in [-0.1, -0.05) is 6.92 Å². The number of hydrogen-bond acceptors (Lipinski definition) is 3.